The highest BCUT2D eigenvalue weighted by atomic mass is 31.1. The Kier molecular flexibility index (Phi) is 8.15. The first-order chi connectivity index (χ1) is 14.4. The van der Waals surface area contributed by atoms with Crippen LogP contribution in [0.15, 0.2) is 48.5 Å². The van der Waals surface area contributed by atoms with Gasteiger partial charge in [0, 0.05) is 0 Å². The van der Waals surface area contributed by atoms with E-state index in [2.05, 4.69) is 132 Å². The molecule has 2 rings (SSSR count). The predicted octanol–water partition coefficient (Wildman–Crippen LogP) is 8.14. The second-order valence-corrected chi connectivity index (χ2v) is 20.6. The van der Waals surface area contributed by atoms with Crippen LogP contribution in [0, 0.1) is 0 Å². The molecule has 0 aliphatic carbocycles. The summed E-state index contributed by atoms with van der Waals surface area (Å²) in [6.45, 7) is 28.7. The summed E-state index contributed by atoms with van der Waals surface area (Å²) in [5.41, 5.74) is 9.79. The highest BCUT2D eigenvalue weighted by Crippen LogP contribution is 2.60. The first-order valence-corrected chi connectivity index (χ1v) is 14.6. The average molecular weight is 472 g/mol. The van der Waals surface area contributed by atoms with Crippen molar-refractivity contribution in [2.45, 2.75) is 110 Å². The minimum Gasteiger partial charge on any atom is -0.320 e. The lowest BCUT2D eigenvalue weighted by Gasteiger charge is -2.44. The van der Waals surface area contributed by atoms with Crippen LogP contribution in [0.1, 0.15) is 100 Å². The molecule has 2 aromatic carbocycles. The van der Waals surface area contributed by atoms with Crippen molar-refractivity contribution in [3.05, 3.63) is 59.7 Å². The molecular weight excluding hydrogens is 424 g/mol. The summed E-state index contributed by atoms with van der Waals surface area (Å²) in [6, 6.07) is 17.8. The molecule has 0 spiro atoms. The molecule has 0 amide bonds. The summed E-state index contributed by atoms with van der Waals surface area (Å²) < 4.78 is 0. The largest absolute Gasteiger partial charge is 0.320 e. The molecule has 0 unspecified atom stereocenters. The maximum atomic E-state index is 7.19. The molecule has 0 saturated heterocycles. The number of hydrogen-bond acceptors (Lipinski definition) is 1. The fraction of sp³-hybridized carbons (Fsp3) is 0.586. The van der Waals surface area contributed by atoms with E-state index in [1.165, 1.54) is 21.7 Å². The lowest BCUT2D eigenvalue weighted by Crippen LogP contribution is -2.36. The summed E-state index contributed by atoms with van der Waals surface area (Å²) in [6.07, 6.45) is 0. The Morgan fingerprint density at radius 3 is 1.00 bits per heavy atom. The van der Waals surface area contributed by atoms with Gasteiger partial charge in [0.25, 0.3) is 0 Å². The molecule has 0 bridgehead atoms. The summed E-state index contributed by atoms with van der Waals surface area (Å²) in [5, 5.41) is 3.72. The predicted molar refractivity (Wildman–Crippen MR) is 151 cm³/mol. The third-order valence-corrected chi connectivity index (χ3v) is 12.9. The van der Waals surface area contributed by atoms with Crippen LogP contribution in [0.4, 0.5) is 0 Å². The molecule has 0 saturated carbocycles. The van der Waals surface area contributed by atoms with E-state index in [1.807, 2.05) is 0 Å². The van der Waals surface area contributed by atoms with E-state index in [1.54, 1.807) is 0 Å². The third-order valence-electron chi connectivity index (χ3n) is 5.71. The molecule has 0 heterocycles. The summed E-state index contributed by atoms with van der Waals surface area (Å²) in [7, 11) is -0.853. The van der Waals surface area contributed by atoms with Gasteiger partial charge in [0.2, 0.25) is 0 Å². The smallest absolute Gasteiger partial charge is 0.0564 e. The zero-order valence-corrected chi connectivity index (χ0v) is 24.5. The Bertz CT molecular complexity index is 801. The molecule has 2 N–H and O–H groups in total. The molecule has 3 heteroatoms. The van der Waals surface area contributed by atoms with Crippen LogP contribution in [0.5, 0.6) is 0 Å². The van der Waals surface area contributed by atoms with Crippen molar-refractivity contribution in [2.24, 2.45) is 5.73 Å². The van der Waals surface area contributed by atoms with Gasteiger partial charge in [-0.3, -0.25) is 0 Å². The van der Waals surface area contributed by atoms with Crippen LogP contribution in [0.3, 0.4) is 0 Å². The molecule has 0 radical (unpaired) electrons. The van der Waals surface area contributed by atoms with Gasteiger partial charge in [0.15, 0.2) is 0 Å². The SMILES string of the molecule is CC(C)(C)P(c1ccccc1C(N)c1ccccc1P(C(C)(C)C)C(C)(C)C)C(C)(C)C. The van der Waals surface area contributed by atoms with Gasteiger partial charge in [0.05, 0.1) is 6.04 Å². The molecule has 0 atom stereocenters. The van der Waals surface area contributed by atoms with Gasteiger partial charge < -0.3 is 5.73 Å². The molecule has 0 aliphatic rings. The molecule has 0 fully saturated rings. The number of nitrogens with two attached hydrogens (primary N) is 1. The Balaban J connectivity index is 2.74. The molecule has 0 aliphatic heterocycles. The lowest BCUT2D eigenvalue weighted by molar-refractivity contribution is 0.713. The van der Waals surface area contributed by atoms with E-state index in [9.17, 15) is 0 Å². The van der Waals surface area contributed by atoms with Crippen molar-refractivity contribution in [1.29, 1.82) is 0 Å². The standard InChI is InChI=1S/C29H47NP2/c1-26(2,3)31(27(4,5)6)23-19-15-13-17-21(23)25(30)22-18-14-16-20-24(22)32(28(7,8)9)29(10,11)12/h13-20,25H,30H2,1-12H3. The van der Waals surface area contributed by atoms with Crippen LogP contribution in [0.2, 0.25) is 0 Å². The first-order valence-electron chi connectivity index (χ1n) is 11.9. The maximum absolute atomic E-state index is 7.19. The van der Waals surface area contributed by atoms with Gasteiger partial charge in [-0.15, -0.1) is 0 Å². The molecule has 0 aromatic heterocycles. The van der Waals surface area contributed by atoms with Gasteiger partial charge >= 0.3 is 0 Å². The van der Waals surface area contributed by atoms with Gasteiger partial charge in [-0.05, 0) is 42.4 Å². The molecular formula is C29H47NP2. The van der Waals surface area contributed by atoms with Gasteiger partial charge in [0.1, 0.15) is 0 Å². The first kappa shape index (κ1) is 27.5. The topological polar surface area (TPSA) is 26.0 Å². The van der Waals surface area contributed by atoms with Crippen molar-refractivity contribution in [3.8, 4) is 0 Å². The van der Waals surface area contributed by atoms with Crippen molar-refractivity contribution < 1.29 is 0 Å². The molecule has 1 nitrogen and oxygen atoms in total. The zero-order chi connectivity index (χ0) is 24.7. The van der Waals surface area contributed by atoms with Crippen LogP contribution < -0.4 is 16.3 Å². The third kappa shape index (κ3) is 6.23. The number of benzene rings is 2. The van der Waals surface area contributed by atoms with Crippen molar-refractivity contribution in [1.82, 2.24) is 0 Å². The van der Waals surface area contributed by atoms with E-state index in [0.29, 0.717) is 0 Å². The van der Waals surface area contributed by atoms with Crippen LogP contribution in [-0.4, -0.2) is 20.6 Å². The van der Waals surface area contributed by atoms with E-state index < -0.39 is 15.8 Å². The Labute approximate surface area is 201 Å². The monoisotopic (exact) mass is 471 g/mol. The van der Waals surface area contributed by atoms with Crippen LogP contribution in [-0.2, 0) is 0 Å². The summed E-state index contributed by atoms with van der Waals surface area (Å²) in [5.74, 6) is 0. The van der Waals surface area contributed by atoms with Gasteiger partial charge in [-0.1, -0.05) is 147 Å². The molecule has 32 heavy (non-hydrogen) atoms. The van der Waals surface area contributed by atoms with E-state index in [4.69, 9.17) is 5.73 Å². The molecule has 178 valence electrons. The highest BCUT2D eigenvalue weighted by Gasteiger charge is 2.40. The maximum Gasteiger partial charge on any atom is 0.0564 e. The minimum atomic E-state index is -0.426. The van der Waals surface area contributed by atoms with Crippen LogP contribution in [0.25, 0.3) is 0 Å². The fourth-order valence-corrected chi connectivity index (χ4v) is 13.9. The van der Waals surface area contributed by atoms with E-state index in [-0.39, 0.29) is 26.7 Å². The van der Waals surface area contributed by atoms with E-state index >= 15 is 0 Å². The quantitative estimate of drug-likeness (QED) is 0.447. The van der Waals surface area contributed by atoms with Crippen molar-refractivity contribution in [3.63, 3.8) is 0 Å². The Morgan fingerprint density at radius 2 is 0.750 bits per heavy atom. The highest BCUT2D eigenvalue weighted by molar-refractivity contribution is 7.69. The lowest BCUT2D eigenvalue weighted by atomic mass is 9.99. The normalized spacial score (nSPS) is 14.0. The number of rotatable bonds is 4. The van der Waals surface area contributed by atoms with Crippen molar-refractivity contribution >= 4 is 26.5 Å². The van der Waals surface area contributed by atoms with Gasteiger partial charge in [-0.25, -0.2) is 0 Å². The van der Waals surface area contributed by atoms with Crippen LogP contribution >= 0.6 is 15.8 Å². The van der Waals surface area contributed by atoms with Crippen molar-refractivity contribution in [2.75, 3.05) is 0 Å². The average Bonchev–Trinajstić information content (AvgIpc) is 2.57. The van der Waals surface area contributed by atoms with Gasteiger partial charge in [-0.2, -0.15) is 0 Å². The zero-order valence-electron chi connectivity index (χ0n) is 22.7. The second-order valence-electron chi connectivity index (χ2n) is 12.9. The Morgan fingerprint density at radius 1 is 0.500 bits per heavy atom. The minimum absolute atomic E-state index is 0.119. The second kappa shape index (κ2) is 9.49. The summed E-state index contributed by atoms with van der Waals surface area (Å²) in [4.78, 5) is 0. The Hall–Kier alpha value is -0.740. The number of hydrogen-bond donors (Lipinski definition) is 1. The summed E-state index contributed by atoms with van der Waals surface area (Å²) >= 11 is 0. The fourth-order valence-electron chi connectivity index (χ4n) is 5.53. The van der Waals surface area contributed by atoms with E-state index in [0.717, 1.165) is 0 Å². The molecule has 2 aromatic rings.